The zero-order chi connectivity index (χ0) is 10.3. The summed E-state index contributed by atoms with van der Waals surface area (Å²) >= 11 is 8.62. The quantitative estimate of drug-likeness (QED) is 0.608. The number of rotatable bonds is 2. The summed E-state index contributed by atoms with van der Waals surface area (Å²) in [5.74, 6) is 0. The van der Waals surface area contributed by atoms with Crippen molar-refractivity contribution in [1.29, 1.82) is 0 Å². The third-order valence-corrected chi connectivity index (χ3v) is 4.40. The second-order valence-electron chi connectivity index (χ2n) is 2.63. The van der Waals surface area contributed by atoms with Crippen LogP contribution in [0.5, 0.6) is 0 Å². The molecule has 0 aromatic carbocycles. The number of hydrogen-bond donors (Lipinski definition) is 2. The smallest absolute Gasteiger partial charge is 0.219 e. The second-order valence-corrected chi connectivity index (χ2v) is 5.46. The van der Waals surface area contributed by atoms with Crippen molar-refractivity contribution in [3.8, 4) is 0 Å². The Hall–Kier alpha value is -0.310. The van der Waals surface area contributed by atoms with E-state index in [4.69, 9.17) is 12.2 Å². The van der Waals surface area contributed by atoms with Crippen molar-refractivity contribution in [3.63, 3.8) is 0 Å². The van der Waals surface area contributed by atoms with E-state index in [1.165, 1.54) is 0 Å². The van der Waals surface area contributed by atoms with Crippen LogP contribution in [-0.2, 0) is 0 Å². The summed E-state index contributed by atoms with van der Waals surface area (Å²) in [4.78, 5) is 0. The van der Waals surface area contributed by atoms with Gasteiger partial charge in [-0.2, -0.15) is 3.71 Å². The molecule has 2 N–H and O–H groups in total. The van der Waals surface area contributed by atoms with Crippen LogP contribution in [0.25, 0.3) is 0 Å². The molecule has 1 aliphatic heterocycles. The van der Waals surface area contributed by atoms with E-state index in [1.807, 2.05) is 30.5 Å². The third kappa shape index (κ3) is 1.33. The molecule has 0 atom stereocenters. The van der Waals surface area contributed by atoms with Crippen molar-refractivity contribution in [3.05, 3.63) is 4.77 Å². The lowest BCUT2D eigenvalue weighted by Gasteiger charge is -2.08. The lowest BCUT2D eigenvalue weighted by atomic mass is 10.9. The Bertz CT molecular complexity index is 374. The van der Waals surface area contributed by atoms with Gasteiger partial charge in [0, 0.05) is 21.1 Å². The van der Waals surface area contributed by atoms with E-state index in [1.54, 1.807) is 23.9 Å². The molecule has 2 rings (SSSR count). The molecule has 2 heterocycles. The monoisotopic (exact) mass is 249 g/mol. The Balaban J connectivity index is 2.60. The molecule has 0 aliphatic carbocycles. The van der Waals surface area contributed by atoms with Gasteiger partial charge in [0.1, 0.15) is 10.1 Å². The van der Waals surface area contributed by atoms with Gasteiger partial charge >= 0.3 is 0 Å². The minimum Gasteiger partial charge on any atom is -0.326 e. The molecule has 0 radical (unpaired) electrons. The molecule has 0 amide bonds. The van der Waals surface area contributed by atoms with E-state index in [-0.39, 0.29) is 0 Å². The number of nitrogens with zero attached hydrogens (tertiary/aromatic N) is 3. The highest BCUT2D eigenvalue weighted by Gasteiger charge is 2.27. The van der Waals surface area contributed by atoms with E-state index in [9.17, 15) is 0 Å². The molecule has 1 aliphatic rings. The summed E-state index contributed by atoms with van der Waals surface area (Å²) < 4.78 is 6.60. The van der Waals surface area contributed by atoms with Gasteiger partial charge in [-0.15, -0.1) is 0 Å². The van der Waals surface area contributed by atoms with Crippen molar-refractivity contribution in [1.82, 2.24) is 13.1 Å². The van der Waals surface area contributed by atoms with Crippen molar-refractivity contribution in [2.45, 2.75) is 10.1 Å². The van der Waals surface area contributed by atoms with E-state index in [0.717, 1.165) is 14.8 Å². The first-order valence-electron chi connectivity index (χ1n) is 4.02. The number of imidazole rings is 1. The highest BCUT2D eigenvalue weighted by Crippen LogP contribution is 2.45. The van der Waals surface area contributed by atoms with Gasteiger partial charge in [0.2, 0.25) is 4.77 Å². The van der Waals surface area contributed by atoms with Crippen molar-refractivity contribution in [2.75, 3.05) is 32.0 Å². The summed E-state index contributed by atoms with van der Waals surface area (Å²) in [5.41, 5.74) is 6.12. The first kappa shape index (κ1) is 10.2. The fraction of sp³-hybridized carbons (Fsp3) is 0.500. The molecule has 1 aromatic rings. The van der Waals surface area contributed by atoms with E-state index in [0.29, 0.717) is 0 Å². The Kier molecular flexibility index (Phi) is 2.69. The van der Waals surface area contributed by atoms with Crippen LogP contribution in [-0.4, -0.2) is 34.2 Å². The number of hydrogen-bond acceptors (Lipinski definition) is 6. The molecule has 78 valence electrons. The lowest BCUT2D eigenvalue weighted by Crippen LogP contribution is -2.15. The SMILES string of the molecule is CNn1c2c(n(NC)c1=S)SN(C)S2. The van der Waals surface area contributed by atoms with Gasteiger partial charge in [0.25, 0.3) is 0 Å². The maximum Gasteiger partial charge on any atom is 0.219 e. The predicted molar refractivity (Wildman–Crippen MR) is 63.3 cm³/mol. The zero-order valence-corrected chi connectivity index (χ0v) is 10.5. The van der Waals surface area contributed by atoms with Crippen LogP contribution in [0.4, 0.5) is 0 Å². The van der Waals surface area contributed by atoms with Crippen molar-refractivity contribution < 1.29 is 0 Å². The maximum atomic E-state index is 5.29. The summed E-state index contributed by atoms with van der Waals surface area (Å²) in [6.07, 6.45) is 0. The lowest BCUT2D eigenvalue weighted by molar-refractivity contribution is 0.782. The maximum absolute atomic E-state index is 5.29. The summed E-state index contributed by atoms with van der Waals surface area (Å²) in [6, 6.07) is 0. The van der Waals surface area contributed by atoms with Crippen LogP contribution in [0.1, 0.15) is 0 Å². The van der Waals surface area contributed by atoms with E-state index in [2.05, 4.69) is 14.6 Å². The highest BCUT2D eigenvalue weighted by atomic mass is 32.2. The first-order chi connectivity index (χ1) is 6.69. The second kappa shape index (κ2) is 3.69. The number of nitrogens with one attached hydrogen (secondary N) is 2. The Morgan fingerprint density at radius 1 is 1.07 bits per heavy atom. The van der Waals surface area contributed by atoms with E-state index >= 15 is 0 Å². The van der Waals surface area contributed by atoms with Gasteiger partial charge in [-0.1, -0.05) is 0 Å². The third-order valence-electron chi connectivity index (χ3n) is 1.85. The highest BCUT2D eigenvalue weighted by molar-refractivity contribution is 8.14. The molecule has 0 bridgehead atoms. The van der Waals surface area contributed by atoms with Crippen LogP contribution in [0.15, 0.2) is 10.1 Å². The molecule has 8 heteroatoms. The Labute approximate surface area is 96.0 Å². The Morgan fingerprint density at radius 3 is 1.86 bits per heavy atom. The van der Waals surface area contributed by atoms with Crippen LogP contribution in [0, 0.1) is 4.77 Å². The molecule has 0 saturated carbocycles. The van der Waals surface area contributed by atoms with E-state index < -0.39 is 0 Å². The number of fused-ring (bicyclic) bond motifs is 1. The zero-order valence-electron chi connectivity index (χ0n) is 8.07. The fourth-order valence-corrected chi connectivity index (χ4v) is 3.90. The largest absolute Gasteiger partial charge is 0.326 e. The molecular weight excluding hydrogens is 238 g/mol. The van der Waals surface area contributed by atoms with Crippen molar-refractivity contribution >= 4 is 36.1 Å². The van der Waals surface area contributed by atoms with Gasteiger partial charge < -0.3 is 10.9 Å². The van der Waals surface area contributed by atoms with Gasteiger partial charge in [-0.25, -0.2) is 9.35 Å². The minimum absolute atomic E-state index is 0.730. The summed E-state index contributed by atoms with van der Waals surface area (Å²) in [7, 11) is 5.75. The average Bonchev–Trinajstić information content (AvgIpc) is 2.59. The topological polar surface area (TPSA) is 37.2 Å². The molecule has 0 spiro atoms. The Morgan fingerprint density at radius 2 is 1.50 bits per heavy atom. The van der Waals surface area contributed by atoms with Crippen LogP contribution < -0.4 is 10.9 Å². The normalized spacial score (nSPS) is 15.6. The standard InChI is InChI=1S/C6H11N5S3/c1-7-10-4-5(14-9(3)13-4)11(8-2)6(10)12/h7-8H,1-3H3. The molecule has 0 fully saturated rings. The molecule has 5 nitrogen and oxygen atoms in total. The molecule has 0 saturated heterocycles. The van der Waals surface area contributed by atoms with Gasteiger partial charge in [0.15, 0.2) is 0 Å². The first-order valence-corrected chi connectivity index (χ1v) is 5.97. The van der Waals surface area contributed by atoms with Crippen LogP contribution >= 0.6 is 36.1 Å². The predicted octanol–water partition coefficient (Wildman–Crippen LogP) is 1.33. The number of aromatic nitrogens is 2. The van der Waals surface area contributed by atoms with Gasteiger partial charge in [-0.3, -0.25) is 0 Å². The van der Waals surface area contributed by atoms with Crippen molar-refractivity contribution in [2.24, 2.45) is 0 Å². The molecular formula is C6H11N5S3. The van der Waals surface area contributed by atoms with Gasteiger partial charge in [-0.05, 0) is 36.1 Å². The van der Waals surface area contributed by atoms with Crippen LogP contribution in [0.3, 0.4) is 0 Å². The minimum atomic E-state index is 0.730. The fourth-order valence-electron chi connectivity index (χ4n) is 1.28. The average molecular weight is 249 g/mol. The van der Waals surface area contributed by atoms with Gasteiger partial charge in [0.05, 0.1) is 0 Å². The summed E-state index contributed by atoms with van der Waals surface area (Å²) in [5, 5.41) is 2.25. The molecule has 14 heavy (non-hydrogen) atoms. The summed E-state index contributed by atoms with van der Waals surface area (Å²) in [6.45, 7) is 0. The molecule has 1 aromatic heterocycles. The molecule has 0 unspecified atom stereocenters. The van der Waals surface area contributed by atoms with Crippen LogP contribution in [0.2, 0.25) is 0 Å².